The van der Waals surface area contributed by atoms with Crippen molar-refractivity contribution in [3.63, 3.8) is 0 Å². The fourth-order valence-electron chi connectivity index (χ4n) is 0.180. The molecule has 0 atom stereocenters. The number of rotatable bonds is 1. The standard InChI is InChI=1S/2C2H2O4.Li.2Ti/c2*3-1(4)2(5)6;;;/h2*(H,3,4)(H,5,6);;;/q;;;2*+1/p-2. The van der Waals surface area contributed by atoms with Gasteiger partial charge in [0.1, 0.15) is 0 Å². The van der Waals surface area contributed by atoms with Crippen molar-refractivity contribution in [2.75, 3.05) is 0 Å². The Hall–Kier alpha value is -0.0940. The molecule has 0 unspecified atom stereocenters. The van der Waals surface area contributed by atoms with Crippen molar-refractivity contribution in [1.29, 1.82) is 0 Å². The van der Waals surface area contributed by atoms with Gasteiger partial charge in [-0.25, -0.2) is 0 Å². The van der Waals surface area contributed by atoms with Crippen LogP contribution in [0.1, 0.15) is 0 Å². The molecule has 0 aliphatic carbocycles. The summed E-state index contributed by atoms with van der Waals surface area (Å²) in [7, 11) is 0. The van der Waals surface area contributed by atoms with Crippen LogP contribution in [0.15, 0.2) is 0 Å². The number of carbonyl (C=O) groups excluding carboxylic acids is 2. The molecule has 0 radical (unpaired) electrons. The Bertz CT molecular complexity index is 265. The zero-order valence-corrected chi connectivity index (χ0v) is 10.5. The third kappa shape index (κ3) is 11.8. The molecule has 15 heavy (non-hydrogen) atoms. The molecule has 0 rings (SSSR count). The Balaban J connectivity index is 0. The Kier molecular flexibility index (Phi) is 12.0. The number of hydrogen-bond donors (Lipinski definition) is 2. The molecule has 8 nitrogen and oxygen atoms in total. The van der Waals surface area contributed by atoms with Crippen LogP contribution in [0.25, 0.3) is 0 Å². The number of hydrogen-bond acceptors (Lipinski definition) is 6. The fraction of sp³-hybridized carbons (Fsp3) is 0. The summed E-state index contributed by atoms with van der Waals surface area (Å²) in [5.41, 5.74) is 0. The van der Waals surface area contributed by atoms with Crippen molar-refractivity contribution in [1.82, 2.24) is 0 Å². The second-order valence-electron chi connectivity index (χ2n) is 1.59. The van der Waals surface area contributed by atoms with Crippen LogP contribution in [0.2, 0.25) is 0 Å². The van der Waals surface area contributed by atoms with E-state index in [4.69, 9.17) is 10.2 Å². The van der Waals surface area contributed by atoms with Gasteiger partial charge in [0, 0.05) is 0 Å². The zero-order chi connectivity index (χ0) is 12.4. The van der Waals surface area contributed by atoms with E-state index in [-0.39, 0.29) is 0 Å². The van der Waals surface area contributed by atoms with Gasteiger partial charge in [-0.05, 0) is 0 Å². The van der Waals surface area contributed by atoms with E-state index in [1.165, 1.54) is 0 Å². The molecular weight excluding hydrogens is 279 g/mol. The van der Waals surface area contributed by atoms with Gasteiger partial charge in [-0.1, -0.05) is 0 Å². The van der Waals surface area contributed by atoms with Crippen molar-refractivity contribution in [2.45, 2.75) is 0 Å². The minimum atomic E-state index is -1.57. The molecule has 2 N–H and O–H groups in total. The van der Waals surface area contributed by atoms with Gasteiger partial charge in [-0.2, -0.15) is 0 Å². The first kappa shape index (κ1) is 17.3. The van der Waals surface area contributed by atoms with E-state index in [0.29, 0.717) is 0 Å². The molecule has 0 fully saturated rings. The summed E-state index contributed by atoms with van der Waals surface area (Å²) in [6.45, 7) is 0. The van der Waals surface area contributed by atoms with E-state index >= 15 is 0 Å². The molecule has 0 aliphatic rings. The van der Waals surface area contributed by atoms with Gasteiger partial charge in [-0.15, -0.1) is 0 Å². The first-order chi connectivity index (χ1) is 6.86. The summed E-state index contributed by atoms with van der Waals surface area (Å²) in [6, 6.07) is 0. The number of carboxylic acids is 2. The van der Waals surface area contributed by atoms with Crippen LogP contribution in [0, 0.1) is 0 Å². The van der Waals surface area contributed by atoms with Crippen LogP contribution < -0.4 is 0 Å². The van der Waals surface area contributed by atoms with E-state index in [0.717, 1.165) is 20.8 Å². The SMILES string of the molecule is O=C(O)C(=O)[O][Ti].[Li][Ti][O]C(=O)C(=O)O. The third-order valence-electron chi connectivity index (χ3n) is 0.637. The molecule has 75 valence electrons. The molecule has 0 aromatic carbocycles. The van der Waals surface area contributed by atoms with E-state index in [2.05, 4.69) is 6.64 Å². The number of aliphatic carboxylic acids is 2. The quantitative estimate of drug-likeness (QED) is 0.408. The summed E-state index contributed by atoms with van der Waals surface area (Å²) < 4.78 is 7.96. The zero-order valence-electron chi connectivity index (χ0n) is 7.34. The van der Waals surface area contributed by atoms with Crippen LogP contribution in [0.5, 0.6) is 0 Å². The molecule has 0 heterocycles. The number of carbonyl (C=O) groups is 4. The van der Waals surface area contributed by atoms with Crippen molar-refractivity contribution in [3.05, 3.63) is 0 Å². The Morgan fingerprint density at radius 3 is 1.53 bits per heavy atom. The molecule has 0 aromatic rings. The van der Waals surface area contributed by atoms with Crippen LogP contribution in [-0.2, 0) is 63.6 Å². The van der Waals surface area contributed by atoms with E-state index in [9.17, 15) is 19.2 Å². The average Bonchev–Trinajstić information content (AvgIpc) is 2.17. The van der Waals surface area contributed by atoms with Crippen molar-refractivity contribution in [2.24, 2.45) is 0 Å². The molecule has 0 saturated carbocycles. The number of carboxylic acid groups (broad SMARTS) is 2. The minimum absolute atomic E-state index is 0.806. The molecule has 0 saturated heterocycles. The van der Waals surface area contributed by atoms with Crippen molar-refractivity contribution in [3.8, 4) is 0 Å². The first-order valence-electron chi connectivity index (χ1n) is 3.08. The van der Waals surface area contributed by atoms with Crippen LogP contribution in [0.3, 0.4) is 0 Å². The molecule has 0 aliphatic heterocycles. The van der Waals surface area contributed by atoms with Gasteiger partial charge in [0.2, 0.25) is 0 Å². The fourth-order valence-corrected chi connectivity index (χ4v) is 0.742. The normalized spacial score (nSPS) is 7.53. The van der Waals surface area contributed by atoms with Crippen LogP contribution >= 0.6 is 0 Å². The molecule has 0 spiro atoms. The van der Waals surface area contributed by atoms with Gasteiger partial charge in [0.05, 0.1) is 0 Å². The maximum absolute atomic E-state index is 9.95. The molecule has 0 amide bonds. The summed E-state index contributed by atoms with van der Waals surface area (Å²) >= 11 is 1.87. The second-order valence-corrected chi connectivity index (χ2v) is 2.87. The molecule has 0 bridgehead atoms. The summed E-state index contributed by atoms with van der Waals surface area (Å²) in [5.74, 6) is -5.47. The second kappa shape index (κ2) is 10.4. The van der Waals surface area contributed by atoms with E-state index in [1.54, 1.807) is 14.8 Å². The topological polar surface area (TPSA) is 127 Å². The molecular formula is C4H2LiO8Ti2. The van der Waals surface area contributed by atoms with Crippen molar-refractivity contribution < 1.29 is 73.9 Å². The van der Waals surface area contributed by atoms with Gasteiger partial charge in [0.15, 0.2) is 0 Å². The van der Waals surface area contributed by atoms with Gasteiger partial charge in [-0.3, -0.25) is 0 Å². The van der Waals surface area contributed by atoms with Gasteiger partial charge in [0.25, 0.3) is 0 Å². The summed E-state index contributed by atoms with van der Waals surface area (Å²) in [4.78, 5) is 38.7. The van der Waals surface area contributed by atoms with E-state index in [1.807, 2.05) is 0 Å². The van der Waals surface area contributed by atoms with Crippen LogP contribution in [-0.4, -0.2) is 48.9 Å². The molecule has 11 heteroatoms. The monoisotopic (exact) mass is 281 g/mol. The predicted octanol–water partition coefficient (Wildman–Crippen LogP) is -2.23. The predicted molar refractivity (Wildman–Crippen MR) is 33.2 cm³/mol. The Morgan fingerprint density at radius 2 is 1.47 bits per heavy atom. The van der Waals surface area contributed by atoms with Gasteiger partial charge >= 0.3 is 113 Å². The first-order valence-corrected chi connectivity index (χ1v) is 5.92. The Labute approximate surface area is 112 Å². The van der Waals surface area contributed by atoms with E-state index < -0.39 is 40.9 Å². The summed E-state index contributed by atoms with van der Waals surface area (Å²) in [5, 5.41) is 15.6. The molecule has 0 aromatic heterocycles. The van der Waals surface area contributed by atoms with Crippen LogP contribution in [0.4, 0.5) is 0 Å². The third-order valence-corrected chi connectivity index (χ3v) is 1.53. The average molecular weight is 281 g/mol. The van der Waals surface area contributed by atoms with Crippen molar-refractivity contribution >= 4 is 38.6 Å². The Morgan fingerprint density at radius 1 is 1.07 bits per heavy atom. The summed E-state index contributed by atoms with van der Waals surface area (Å²) in [6.07, 6.45) is 0. The maximum atomic E-state index is 9.95. The van der Waals surface area contributed by atoms with Gasteiger partial charge < -0.3 is 0 Å².